The fraction of sp³-hybridized carbons (Fsp3) is 0.600. The molecule has 96 valence electrons. The Bertz CT molecular complexity index is 354. The monoisotopic (exact) mass is 234 g/mol. The van der Waals surface area contributed by atoms with Gasteiger partial charge in [0.1, 0.15) is 0 Å². The van der Waals surface area contributed by atoms with Crippen LogP contribution in [0.5, 0.6) is 0 Å². The molecule has 0 heterocycles. The summed E-state index contributed by atoms with van der Waals surface area (Å²) in [5.41, 5.74) is 5.35. The molecule has 2 nitrogen and oxygen atoms in total. The summed E-state index contributed by atoms with van der Waals surface area (Å²) in [6.07, 6.45) is 0. The molecule has 0 atom stereocenters. The van der Waals surface area contributed by atoms with Crippen molar-refractivity contribution in [3.63, 3.8) is 0 Å². The minimum Gasteiger partial charge on any atom is -0.384 e. The van der Waals surface area contributed by atoms with Crippen molar-refractivity contribution in [2.24, 2.45) is 0 Å². The average Bonchev–Trinajstić information content (AvgIpc) is 2.31. The van der Waals surface area contributed by atoms with Crippen molar-refractivity contribution in [1.29, 1.82) is 0 Å². The molecule has 0 aliphatic carbocycles. The molecule has 1 rings (SSSR count). The zero-order valence-electron chi connectivity index (χ0n) is 11.9. The van der Waals surface area contributed by atoms with Crippen molar-refractivity contribution in [3.05, 3.63) is 28.8 Å². The molecule has 0 aliphatic heterocycles. The second kappa shape index (κ2) is 6.65. The molecular weight excluding hydrogens is 208 g/mol. The number of nitrogens with zero attached hydrogens (tertiary/aromatic N) is 1. The maximum atomic E-state index is 3.54. The van der Waals surface area contributed by atoms with E-state index in [9.17, 15) is 0 Å². The van der Waals surface area contributed by atoms with Crippen LogP contribution < -0.4 is 5.32 Å². The summed E-state index contributed by atoms with van der Waals surface area (Å²) in [6.45, 7) is 15.3. The summed E-state index contributed by atoms with van der Waals surface area (Å²) < 4.78 is 0. The molecule has 17 heavy (non-hydrogen) atoms. The molecule has 0 amide bonds. The fourth-order valence-electron chi connectivity index (χ4n) is 2.04. The Balaban J connectivity index is 2.55. The Hall–Kier alpha value is -1.02. The van der Waals surface area contributed by atoms with Gasteiger partial charge in [0.2, 0.25) is 0 Å². The standard InChI is InChI=1S/C15H26N2/c1-6-17(7-2)9-8-16-15-11-13(4)12(3)10-14(15)5/h10-11,16H,6-9H2,1-5H3. The molecule has 1 aromatic carbocycles. The molecule has 0 bridgehead atoms. The average molecular weight is 234 g/mol. The van der Waals surface area contributed by atoms with Gasteiger partial charge in [-0.3, -0.25) is 0 Å². The number of benzene rings is 1. The van der Waals surface area contributed by atoms with Crippen LogP contribution in [-0.4, -0.2) is 31.1 Å². The molecule has 0 radical (unpaired) electrons. The van der Waals surface area contributed by atoms with Gasteiger partial charge in [0.25, 0.3) is 0 Å². The van der Waals surface area contributed by atoms with Crippen LogP contribution in [0.4, 0.5) is 5.69 Å². The highest BCUT2D eigenvalue weighted by Crippen LogP contribution is 2.19. The number of nitrogens with one attached hydrogen (secondary N) is 1. The number of hydrogen-bond acceptors (Lipinski definition) is 2. The van der Waals surface area contributed by atoms with Gasteiger partial charge in [-0.1, -0.05) is 19.9 Å². The zero-order valence-corrected chi connectivity index (χ0v) is 11.9. The van der Waals surface area contributed by atoms with E-state index in [1.54, 1.807) is 0 Å². The predicted octanol–water partition coefficient (Wildman–Crippen LogP) is 3.37. The number of hydrogen-bond donors (Lipinski definition) is 1. The lowest BCUT2D eigenvalue weighted by molar-refractivity contribution is 0.316. The highest BCUT2D eigenvalue weighted by Gasteiger charge is 2.02. The highest BCUT2D eigenvalue weighted by molar-refractivity contribution is 5.54. The summed E-state index contributed by atoms with van der Waals surface area (Å²) in [7, 11) is 0. The Kier molecular flexibility index (Phi) is 5.49. The molecule has 1 aromatic rings. The molecule has 1 N–H and O–H groups in total. The van der Waals surface area contributed by atoms with E-state index in [0.29, 0.717) is 0 Å². The Morgan fingerprint density at radius 3 is 2.12 bits per heavy atom. The van der Waals surface area contributed by atoms with Gasteiger partial charge in [-0.05, 0) is 56.6 Å². The van der Waals surface area contributed by atoms with Crippen LogP contribution >= 0.6 is 0 Å². The van der Waals surface area contributed by atoms with E-state index in [1.165, 1.54) is 22.4 Å². The Labute approximate surface area is 106 Å². The van der Waals surface area contributed by atoms with Crippen LogP contribution in [0.3, 0.4) is 0 Å². The third kappa shape index (κ3) is 4.04. The van der Waals surface area contributed by atoms with Gasteiger partial charge in [-0.2, -0.15) is 0 Å². The van der Waals surface area contributed by atoms with E-state index in [1.807, 2.05) is 0 Å². The summed E-state index contributed by atoms with van der Waals surface area (Å²) in [4.78, 5) is 2.43. The van der Waals surface area contributed by atoms with Gasteiger partial charge in [0.05, 0.1) is 0 Å². The lowest BCUT2D eigenvalue weighted by atomic mass is 10.1. The summed E-state index contributed by atoms with van der Waals surface area (Å²) in [5.74, 6) is 0. The lowest BCUT2D eigenvalue weighted by Gasteiger charge is -2.19. The van der Waals surface area contributed by atoms with Gasteiger partial charge in [-0.15, -0.1) is 0 Å². The van der Waals surface area contributed by atoms with E-state index in [2.05, 4.69) is 57.0 Å². The fourth-order valence-corrected chi connectivity index (χ4v) is 2.04. The van der Waals surface area contributed by atoms with E-state index in [4.69, 9.17) is 0 Å². The predicted molar refractivity (Wildman–Crippen MR) is 76.9 cm³/mol. The van der Waals surface area contributed by atoms with Crippen LogP contribution in [0.25, 0.3) is 0 Å². The molecule has 2 heteroatoms. The van der Waals surface area contributed by atoms with Crippen molar-refractivity contribution in [2.75, 3.05) is 31.5 Å². The van der Waals surface area contributed by atoms with Crippen molar-refractivity contribution in [1.82, 2.24) is 4.90 Å². The maximum Gasteiger partial charge on any atom is 0.0373 e. The molecule has 0 unspecified atom stereocenters. The van der Waals surface area contributed by atoms with Crippen molar-refractivity contribution < 1.29 is 0 Å². The minimum absolute atomic E-state index is 1.02. The number of anilines is 1. The molecule has 0 saturated heterocycles. The van der Waals surface area contributed by atoms with E-state index < -0.39 is 0 Å². The summed E-state index contributed by atoms with van der Waals surface area (Å²) in [6, 6.07) is 4.52. The van der Waals surface area contributed by atoms with Crippen LogP contribution in [0.15, 0.2) is 12.1 Å². The van der Waals surface area contributed by atoms with Crippen LogP contribution in [0, 0.1) is 20.8 Å². The first kappa shape index (κ1) is 14.0. The molecule has 0 aliphatic rings. The normalized spacial score (nSPS) is 10.9. The second-order valence-corrected chi connectivity index (χ2v) is 4.71. The van der Waals surface area contributed by atoms with Gasteiger partial charge < -0.3 is 10.2 Å². The van der Waals surface area contributed by atoms with Crippen LogP contribution in [0.2, 0.25) is 0 Å². The SMILES string of the molecule is CCN(CC)CCNc1cc(C)c(C)cc1C. The highest BCUT2D eigenvalue weighted by atomic mass is 15.1. The van der Waals surface area contributed by atoms with Crippen molar-refractivity contribution >= 4 is 5.69 Å². The molecule has 0 spiro atoms. The first-order valence-electron chi connectivity index (χ1n) is 6.62. The van der Waals surface area contributed by atoms with Gasteiger partial charge in [0.15, 0.2) is 0 Å². The Morgan fingerprint density at radius 1 is 0.941 bits per heavy atom. The van der Waals surface area contributed by atoms with Crippen molar-refractivity contribution in [3.8, 4) is 0 Å². The third-order valence-corrected chi connectivity index (χ3v) is 3.48. The number of likely N-dealkylation sites (N-methyl/N-ethyl adjacent to an activating group) is 1. The molecule has 0 saturated carbocycles. The summed E-state index contributed by atoms with van der Waals surface area (Å²) in [5, 5.41) is 3.54. The largest absolute Gasteiger partial charge is 0.384 e. The van der Waals surface area contributed by atoms with Gasteiger partial charge in [0, 0.05) is 18.8 Å². The molecule has 0 aromatic heterocycles. The zero-order chi connectivity index (χ0) is 12.8. The third-order valence-electron chi connectivity index (χ3n) is 3.48. The lowest BCUT2D eigenvalue weighted by Crippen LogP contribution is -2.28. The minimum atomic E-state index is 1.02. The van der Waals surface area contributed by atoms with Gasteiger partial charge >= 0.3 is 0 Å². The second-order valence-electron chi connectivity index (χ2n) is 4.71. The van der Waals surface area contributed by atoms with Gasteiger partial charge in [-0.25, -0.2) is 0 Å². The summed E-state index contributed by atoms with van der Waals surface area (Å²) >= 11 is 0. The smallest absolute Gasteiger partial charge is 0.0373 e. The quantitative estimate of drug-likeness (QED) is 0.812. The van der Waals surface area contributed by atoms with E-state index in [0.717, 1.165) is 26.2 Å². The molecular formula is C15H26N2. The first-order chi connectivity index (χ1) is 8.08. The number of rotatable bonds is 6. The Morgan fingerprint density at radius 2 is 1.53 bits per heavy atom. The number of aryl methyl sites for hydroxylation is 3. The molecule has 0 fully saturated rings. The van der Waals surface area contributed by atoms with E-state index >= 15 is 0 Å². The van der Waals surface area contributed by atoms with Crippen LogP contribution in [0.1, 0.15) is 30.5 Å². The van der Waals surface area contributed by atoms with E-state index in [-0.39, 0.29) is 0 Å². The maximum absolute atomic E-state index is 3.54. The first-order valence-corrected chi connectivity index (χ1v) is 6.62. The topological polar surface area (TPSA) is 15.3 Å². The van der Waals surface area contributed by atoms with Crippen molar-refractivity contribution in [2.45, 2.75) is 34.6 Å². The van der Waals surface area contributed by atoms with Crippen LogP contribution in [-0.2, 0) is 0 Å².